The Kier molecular flexibility index (Phi) is 5.61. The molecule has 1 N–H and O–H groups in total. The van der Waals surface area contributed by atoms with E-state index in [0.29, 0.717) is 41.8 Å². The second kappa shape index (κ2) is 8.48. The number of hydrogen-bond acceptors (Lipinski definition) is 8. The highest BCUT2D eigenvalue weighted by Crippen LogP contribution is 2.31. The highest BCUT2D eigenvalue weighted by Gasteiger charge is 2.31. The number of amides is 2. The van der Waals surface area contributed by atoms with Crippen LogP contribution in [-0.2, 0) is 11.2 Å². The van der Waals surface area contributed by atoms with Gasteiger partial charge in [-0.05, 0) is 31.9 Å². The third kappa shape index (κ3) is 4.48. The molecule has 0 aromatic carbocycles. The average Bonchev–Trinajstić information content (AvgIpc) is 3.48. The van der Waals surface area contributed by atoms with Crippen molar-refractivity contribution in [2.24, 2.45) is 0 Å². The lowest BCUT2D eigenvalue weighted by Gasteiger charge is -2.24. The van der Waals surface area contributed by atoms with E-state index in [9.17, 15) is 9.59 Å². The number of aromatic nitrogens is 4. The fourth-order valence-electron chi connectivity index (χ4n) is 3.36. The number of nitrogens with zero attached hydrogens (tertiary/aromatic N) is 5. The van der Waals surface area contributed by atoms with Crippen molar-refractivity contribution in [3.63, 3.8) is 0 Å². The summed E-state index contributed by atoms with van der Waals surface area (Å²) in [5.74, 6) is 0.818. The van der Waals surface area contributed by atoms with E-state index in [1.807, 2.05) is 11.0 Å². The van der Waals surface area contributed by atoms with Gasteiger partial charge >= 0.3 is 0 Å². The lowest BCUT2D eigenvalue weighted by Crippen LogP contribution is -2.31. The molecule has 1 aliphatic heterocycles. The van der Waals surface area contributed by atoms with Gasteiger partial charge in [0, 0.05) is 37.2 Å². The highest BCUT2D eigenvalue weighted by molar-refractivity contribution is 7.13. The molecule has 0 saturated carbocycles. The topological polar surface area (TPSA) is 114 Å². The van der Waals surface area contributed by atoms with Crippen molar-refractivity contribution < 1.29 is 14.1 Å². The maximum absolute atomic E-state index is 12.7. The molecule has 1 fully saturated rings. The molecule has 0 spiro atoms. The van der Waals surface area contributed by atoms with Crippen molar-refractivity contribution >= 4 is 28.3 Å². The summed E-state index contributed by atoms with van der Waals surface area (Å²) in [6.07, 6.45) is 5.68. The first-order chi connectivity index (χ1) is 14.1. The molecular formula is C19H20N6O3S. The van der Waals surface area contributed by atoms with Crippen LogP contribution in [0.25, 0.3) is 0 Å². The molecule has 3 aromatic heterocycles. The monoisotopic (exact) mass is 412 g/mol. The number of likely N-dealkylation sites (tertiary alicyclic amines) is 1. The van der Waals surface area contributed by atoms with E-state index >= 15 is 0 Å². The zero-order chi connectivity index (χ0) is 20.2. The summed E-state index contributed by atoms with van der Waals surface area (Å²) in [4.78, 5) is 39.4. The predicted octanol–water partition coefficient (Wildman–Crippen LogP) is 2.78. The second-order valence-corrected chi connectivity index (χ2v) is 7.64. The van der Waals surface area contributed by atoms with Gasteiger partial charge < -0.3 is 9.42 Å². The van der Waals surface area contributed by atoms with E-state index in [1.54, 1.807) is 30.8 Å². The molecular weight excluding hydrogens is 392 g/mol. The largest absolute Gasteiger partial charge is 0.339 e. The van der Waals surface area contributed by atoms with Gasteiger partial charge in [-0.1, -0.05) is 5.16 Å². The number of aryl methyl sites for hydroxylation is 2. The van der Waals surface area contributed by atoms with Crippen molar-refractivity contribution in [2.45, 2.75) is 38.6 Å². The summed E-state index contributed by atoms with van der Waals surface area (Å²) >= 11 is 1.35. The SMILES string of the molecule is Cc1noc(CCC(=O)N2CCC[C@@H]2c2ccc(C(=O)Nc3nccs3)cn2)n1. The minimum absolute atomic E-state index is 0.0377. The van der Waals surface area contributed by atoms with Gasteiger partial charge in [0.25, 0.3) is 5.91 Å². The van der Waals surface area contributed by atoms with Crippen LogP contribution in [-0.4, -0.2) is 43.4 Å². The van der Waals surface area contributed by atoms with E-state index in [1.165, 1.54) is 11.3 Å². The molecule has 29 heavy (non-hydrogen) atoms. The van der Waals surface area contributed by atoms with Gasteiger partial charge in [0.2, 0.25) is 11.8 Å². The van der Waals surface area contributed by atoms with Crippen LogP contribution in [0.2, 0.25) is 0 Å². The van der Waals surface area contributed by atoms with Crippen LogP contribution in [0.5, 0.6) is 0 Å². The number of pyridine rings is 1. The number of hydrogen-bond donors (Lipinski definition) is 1. The van der Waals surface area contributed by atoms with Crippen LogP contribution in [0.1, 0.15) is 53.1 Å². The number of thiazole rings is 1. The van der Waals surface area contributed by atoms with Crippen molar-refractivity contribution in [2.75, 3.05) is 11.9 Å². The van der Waals surface area contributed by atoms with E-state index in [0.717, 1.165) is 18.5 Å². The zero-order valence-corrected chi connectivity index (χ0v) is 16.7. The van der Waals surface area contributed by atoms with Crippen LogP contribution < -0.4 is 5.32 Å². The molecule has 4 rings (SSSR count). The minimum atomic E-state index is -0.256. The Balaban J connectivity index is 1.38. The Morgan fingerprint density at radius 1 is 1.34 bits per heavy atom. The number of carbonyl (C=O) groups is 2. The van der Waals surface area contributed by atoms with E-state index in [4.69, 9.17) is 4.52 Å². The normalized spacial score (nSPS) is 16.2. The summed E-state index contributed by atoms with van der Waals surface area (Å²) in [6.45, 7) is 2.44. The molecule has 0 radical (unpaired) electrons. The van der Waals surface area contributed by atoms with Gasteiger partial charge in [-0.25, -0.2) is 4.98 Å². The van der Waals surface area contributed by atoms with Gasteiger partial charge in [-0.2, -0.15) is 4.98 Å². The summed E-state index contributed by atoms with van der Waals surface area (Å²) < 4.78 is 5.08. The second-order valence-electron chi connectivity index (χ2n) is 6.74. The van der Waals surface area contributed by atoms with Gasteiger partial charge in [0.15, 0.2) is 11.0 Å². The van der Waals surface area contributed by atoms with Crippen molar-refractivity contribution in [3.05, 3.63) is 52.9 Å². The van der Waals surface area contributed by atoms with Crippen LogP contribution in [0.15, 0.2) is 34.4 Å². The highest BCUT2D eigenvalue weighted by atomic mass is 32.1. The first kappa shape index (κ1) is 19.2. The van der Waals surface area contributed by atoms with Crippen LogP contribution in [0.4, 0.5) is 5.13 Å². The molecule has 1 saturated heterocycles. The Bertz CT molecular complexity index is 986. The van der Waals surface area contributed by atoms with Gasteiger partial charge in [-0.3, -0.25) is 19.9 Å². The summed E-state index contributed by atoms with van der Waals surface area (Å²) in [7, 11) is 0. The lowest BCUT2D eigenvalue weighted by atomic mass is 10.1. The third-order valence-corrected chi connectivity index (χ3v) is 5.43. The number of carbonyl (C=O) groups excluding carboxylic acids is 2. The Morgan fingerprint density at radius 2 is 2.24 bits per heavy atom. The molecule has 3 aromatic rings. The van der Waals surface area contributed by atoms with Gasteiger partial charge in [-0.15, -0.1) is 11.3 Å². The van der Waals surface area contributed by atoms with Crippen molar-refractivity contribution in [3.8, 4) is 0 Å². The molecule has 2 amide bonds. The van der Waals surface area contributed by atoms with Crippen molar-refractivity contribution in [1.29, 1.82) is 0 Å². The standard InChI is InChI=1S/C19H20N6O3S/c1-12-22-16(28-24-12)6-7-17(26)25-9-2-3-15(25)14-5-4-13(11-21-14)18(27)23-19-20-8-10-29-19/h4-5,8,10-11,15H,2-3,6-7,9H2,1H3,(H,20,23,27)/t15-/m1/s1. The lowest BCUT2D eigenvalue weighted by molar-refractivity contribution is -0.132. The maximum atomic E-state index is 12.7. The van der Waals surface area contributed by atoms with Crippen LogP contribution in [0.3, 0.4) is 0 Å². The molecule has 0 bridgehead atoms. The fraction of sp³-hybridized carbons (Fsp3) is 0.368. The quantitative estimate of drug-likeness (QED) is 0.662. The van der Waals surface area contributed by atoms with Crippen LogP contribution in [0, 0.1) is 6.92 Å². The number of anilines is 1. The van der Waals surface area contributed by atoms with E-state index < -0.39 is 0 Å². The third-order valence-electron chi connectivity index (χ3n) is 4.74. The van der Waals surface area contributed by atoms with Gasteiger partial charge in [0.1, 0.15) is 0 Å². The molecule has 0 aliphatic carbocycles. The fourth-order valence-corrected chi connectivity index (χ4v) is 3.89. The molecule has 1 aliphatic rings. The van der Waals surface area contributed by atoms with Crippen LogP contribution >= 0.6 is 11.3 Å². The van der Waals surface area contributed by atoms with E-state index in [2.05, 4.69) is 25.4 Å². The number of nitrogens with one attached hydrogen (secondary N) is 1. The maximum Gasteiger partial charge on any atom is 0.259 e. The molecule has 150 valence electrons. The Morgan fingerprint density at radius 3 is 2.93 bits per heavy atom. The first-order valence-electron chi connectivity index (χ1n) is 9.35. The van der Waals surface area contributed by atoms with Crippen molar-refractivity contribution in [1.82, 2.24) is 25.0 Å². The summed E-state index contributed by atoms with van der Waals surface area (Å²) in [6, 6.07) is 3.46. The summed E-state index contributed by atoms with van der Waals surface area (Å²) in [5.41, 5.74) is 1.24. The summed E-state index contributed by atoms with van der Waals surface area (Å²) in [5, 5.41) is 8.81. The minimum Gasteiger partial charge on any atom is -0.339 e. The Labute approximate surface area is 171 Å². The molecule has 10 heteroatoms. The smallest absolute Gasteiger partial charge is 0.259 e. The predicted molar refractivity (Wildman–Crippen MR) is 105 cm³/mol. The Hall–Kier alpha value is -3.14. The van der Waals surface area contributed by atoms with E-state index in [-0.39, 0.29) is 17.9 Å². The molecule has 9 nitrogen and oxygen atoms in total. The molecule has 0 unspecified atom stereocenters. The molecule has 4 heterocycles. The average molecular weight is 412 g/mol. The first-order valence-corrected chi connectivity index (χ1v) is 10.2. The molecule has 1 atom stereocenters. The zero-order valence-electron chi connectivity index (χ0n) is 15.9. The van der Waals surface area contributed by atoms with Gasteiger partial charge in [0.05, 0.1) is 17.3 Å². The number of rotatable bonds is 6.